The van der Waals surface area contributed by atoms with E-state index in [4.69, 9.17) is 0 Å². The van der Waals surface area contributed by atoms with Crippen LogP contribution in [-0.4, -0.2) is 46.4 Å². The summed E-state index contributed by atoms with van der Waals surface area (Å²) in [4.78, 5) is 6.61. The fourth-order valence-corrected chi connectivity index (χ4v) is 4.97. The summed E-state index contributed by atoms with van der Waals surface area (Å²) in [6.07, 6.45) is 7.95. The van der Waals surface area contributed by atoms with Gasteiger partial charge >= 0.3 is 0 Å². The number of nitrogens with one attached hydrogen (secondary N) is 1. The summed E-state index contributed by atoms with van der Waals surface area (Å²) in [5.41, 5.74) is 2.39. The minimum atomic E-state index is -3.10. The van der Waals surface area contributed by atoms with Crippen molar-refractivity contribution in [2.45, 2.75) is 44.1 Å². The van der Waals surface area contributed by atoms with Crippen molar-refractivity contribution >= 4 is 10.0 Å². The molecule has 0 bridgehead atoms. The maximum absolute atomic E-state index is 12.0. The third-order valence-corrected chi connectivity index (χ3v) is 7.04. The Morgan fingerprint density at radius 3 is 2.85 bits per heavy atom. The molecule has 26 heavy (non-hydrogen) atoms. The highest BCUT2D eigenvalue weighted by atomic mass is 32.2. The van der Waals surface area contributed by atoms with Crippen molar-refractivity contribution in [2.24, 2.45) is 5.92 Å². The number of nitrogens with zero attached hydrogens (tertiary/aromatic N) is 4. The molecule has 1 aliphatic carbocycles. The second kappa shape index (κ2) is 7.46. The van der Waals surface area contributed by atoms with Crippen LogP contribution in [-0.2, 0) is 29.7 Å². The lowest BCUT2D eigenvalue weighted by atomic mass is 10.1. The molecule has 4 rings (SSSR count). The maximum atomic E-state index is 12.0. The Labute approximate surface area is 154 Å². The minimum absolute atomic E-state index is 0.156. The molecule has 0 aromatic carbocycles. The van der Waals surface area contributed by atoms with Crippen LogP contribution in [0.3, 0.4) is 0 Å². The second-order valence-corrected chi connectivity index (χ2v) is 9.37. The van der Waals surface area contributed by atoms with E-state index in [1.54, 1.807) is 6.20 Å². The lowest BCUT2D eigenvalue weighted by molar-refractivity contribution is 0.215. The fraction of sp³-hybridized carbons (Fsp3) is 0.556. The molecule has 8 heteroatoms. The molecule has 0 saturated heterocycles. The number of pyridine rings is 1. The molecule has 1 atom stereocenters. The Morgan fingerprint density at radius 1 is 1.19 bits per heavy atom. The van der Waals surface area contributed by atoms with E-state index in [1.165, 1.54) is 11.3 Å². The van der Waals surface area contributed by atoms with Gasteiger partial charge in [0.25, 0.3) is 0 Å². The number of sulfonamides is 1. The highest BCUT2D eigenvalue weighted by molar-refractivity contribution is 7.90. The van der Waals surface area contributed by atoms with Gasteiger partial charge < -0.3 is 0 Å². The predicted molar refractivity (Wildman–Crippen MR) is 98.6 cm³/mol. The summed E-state index contributed by atoms with van der Waals surface area (Å²) >= 11 is 0. The summed E-state index contributed by atoms with van der Waals surface area (Å²) in [5.74, 6) is 0.356. The summed E-state index contributed by atoms with van der Waals surface area (Å²) in [6.45, 7) is 3.93. The molecule has 1 fully saturated rings. The molecule has 1 saturated carbocycles. The van der Waals surface area contributed by atoms with Crippen molar-refractivity contribution < 1.29 is 8.42 Å². The van der Waals surface area contributed by atoms with Crippen molar-refractivity contribution in [3.05, 3.63) is 48.0 Å². The average Bonchev–Trinajstić information content (AvgIpc) is 3.41. The molecule has 1 aliphatic heterocycles. The molecule has 0 spiro atoms. The van der Waals surface area contributed by atoms with Crippen LogP contribution in [0.1, 0.15) is 30.5 Å². The van der Waals surface area contributed by atoms with E-state index < -0.39 is 10.0 Å². The Morgan fingerprint density at radius 2 is 2.08 bits per heavy atom. The van der Waals surface area contributed by atoms with Gasteiger partial charge in [-0.15, -0.1) is 0 Å². The molecule has 2 aliphatic rings. The highest BCUT2D eigenvalue weighted by Crippen LogP contribution is 2.27. The molecule has 2 aromatic heterocycles. The van der Waals surface area contributed by atoms with E-state index >= 15 is 0 Å². The van der Waals surface area contributed by atoms with Crippen LogP contribution in [0.25, 0.3) is 0 Å². The van der Waals surface area contributed by atoms with Gasteiger partial charge in [0.05, 0.1) is 10.9 Å². The summed E-state index contributed by atoms with van der Waals surface area (Å²) in [6, 6.07) is 6.12. The van der Waals surface area contributed by atoms with Crippen LogP contribution < -0.4 is 4.72 Å². The molecule has 1 N–H and O–H groups in total. The molecular weight excluding hydrogens is 350 g/mol. The lowest BCUT2D eigenvalue weighted by Gasteiger charge is -2.24. The third-order valence-electron chi connectivity index (χ3n) is 5.09. The first-order valence-corrected chi connectivity index (χ1v) is 10.8. The Balaban J connectivity index is 1.40. The average molecular weight is 375 g/mol. The Kier molecular flexibility index (Phi) is 5.06. The van der Waals surface area contributed by atoms with E-state index in [0.717, 1.165) is 45.4 Å². The quantitative estimate of drug-likeness (QED) is 0.791. The van der Waals surface area contributed by atoms with E-state index in [-0.39, 0.29) is 5.25 Å². The van der Waals surface area contributed by atoms with E-state index in [0.29, 0.717) is 12.5 Å². The number of hydrogen-bond acceptors (Lipinski definition) is 5. The van der Waals surface area contributed by atoms with Crippen molar-refractivity contribution in [3.8, 4) is 0 Å². The number of rotatable bonds is 7. The van der Waals surface area contributed by atoms with Crippen LogP contribution in [0, 0.1) is 5.92 Å². The monoisotopic (exact) mass is 375 g/mol. The van der Waals surface area contributed by atoms with Crippen LogP contribution in [0.15, 0.2) is 36.8 Å². The Hall–Kier alpha value is -1.77. The number of hydrogen-bond donors (Lipinski definition) is 1. The normalized spacial score (nSPS) is 21.3. The zero-order chi connectivity index (χ0) is 18.0. The first kappa shape index (κ1) is 17.6. The van der Waals surface area contributed by atoms with Crippen molar-refractivity contribution in [3.63, 3.8) is 0 Å². The van der Waals surface area contributed by atoms with Gasteiger partial charge in [-0.05, 0) is 42.9 Å². The maximum Gasteiger partial charge on any atom is 0.214 e. The van der Waals surface area contributed by atoms with E-state index in [1.807, 2.05) is 18.5 Å². The molecule has 0 radical (unpaired) electrons. The first-order chi connectivity index (χ1) is 12.6. The third kappa shape index (κ3) is 4.31. The summed E-state index contributed by atoms with van der Waals surface area (Å²) < 4.78 is 28.9. The van der Waals surface area contributed by atoms with Gasteiger partial charge in [-0.3, -0.25) is 14.6 Å². The lowest BCUT2D eigenvalue weighted by Crippen LogP contribution is -2.32. The van der Waals surface area contributed by atoms with Gasteiger partial charge in [-0.2, -0.15) is 5.10 Å². The summed E-state index contributed by atoms with van der Waals surface area (Å²) in [7, 11) is -3.10. The van der Waals surface area contributed by atoms with E-state index in [2.05, 4.69) is 36.5 Å². The minimum Gasteiger partial charge on any atom is -0.293 e. The highest BCUT2D eigenvalue weighted by Gasteiger charge is 2.35. The molecule has 3 heterocycles. The van der Waals surface area contributed by atoms with Gasteiger partial charge in [0.1, 0.15) is 0 Å². The fourth-order valence-electron chi connectivity index (χ4n) is 3.57. The zero-order valence-corrected chi connectivity index (χ0v) is 15.6. The molecule has 7 nitrogen and oxygen atoms in total. The van der Waals surface area contributed by atoms with Crippen molar-refractivity contribution in [1.29, 1.82) is 0 Å². The predicted octanol–water partition coefficient (Wildman–Crippen LogP) is 1.38. The number of fused-ring (bicyclic) bond motifs is 1. The zero-order valence-electron chi connectivity index (χ0n) is 14.8. The SMILES string of the molecule is O=S(=O)(NCCC1CN(Cc2cccnc2)Cc2ccnn2C1)C1CC1. The Bertz CT molecular complexity index is 832. The number of aromatic nitrogens is 3. The van der Waals surface area contributed by atoms with Gasteiger partial charge in [0, 0.05) is 51.3 Å². The van der Waals surface area contributed by atoms with Gasteiger partial charge in [0.15, 0.2) is 0 Å². The van der Waals surface area contributed by atoms with Crippen LogP contribution >= 0.6 is 0 Å². The molecule has 2 aromatic rings. The van der Waals surface area contributed by atoms with Gasteiger partial charge in [-0.25, -0.2) is 13.1 Å². The molecule has 140 valence electrons. The van der Waals surface area contributed by atoms with Gasteiger partial charge in [-0.1, -0.05) is 6.07 Å². The molecule has 1 unspecified atom stereocenters. The summed E-state index contributed by atoms with van der Waals surface area (Å²) in [5, 5.41) is 4.29. The molecule has 0 amide bonds. The van der Waals surface area contributed by atoms with Crippen LogP contribution in [0.2, 0.25) is 0 Å². The van der Waals surface area contributed by atoms with Crippen molar-refractivity contribution in [2.75, 3.05) is 13.1 Å². The first-order valence-electron chi connectivity index (χ1n) is 9.20. The van der Waals surface area contributed by atoms with Crippen LogP contribution in [0.5, 0.6) is 0 Å². The molecular formula is C18H25N5O2S. The van der Waals surface area contributed by atoms with E-state index in [9.17, 15) is 8.42 Å². The smallest absolute Gasteiger partial charge is 0.214 e. The largest absolute Gasteiger partial charge is 0.293 e. The second-order valence-electron chi connectivity index (χ2n) is 7.33. The van der Waals surface area contributed by atoms with Crippen molar-refractivity contribution in [1.82, 2.24) is 24.4 Å². The standard InChI is InChI=1S/C18H25N5O2S/c24-26(25,18-3-4-18)21-9-5-16-12-22(11-15-2-1-7-19-10-15)14-17-6-8-20-23(17)13-16/h1-2,6-8,10,16,18,21H,3-5,9,11-14H2. The topological polar surface area (TPSA) is 80.1 Å². The van der Waals surface area contributed by atoms with Gasteiger partial charge in [0.2, 0.25) is 10.0 Å². The van der Waals surface area contributed by atoms with Crippen LogP contribution in [0.4, 0.5) is 0 Å².